The SMILES string of the molecule is O=C(CC1C(=O)NCCN1C(=S)NC(=O)c1ccc(OCCc2ccccc2)c(Br)c1)OC1CCCCC1. The predicted octanol–water partition coefficient (Wildman–Crippen LogP) is 4.15. The van der Waals surface area contributed by atoms with Crippen LogP contribution in [0.25, 0.3) is 0 Å². The molecular weight excluding hydrogens is 570 g/mol. The summed E-state index contributed by atoms with van der Waals surface area (Å²) in [7, 11) is 0. The van der Waals surface area contributed by atoms with Crippen LogP contribution in [0.3, 0.4) is 0 Å². The minimum atomic E-state index is -0.834. The summed E-state index contributed by atoms with van der Waals surface area (Å²) in [4.78, 5) is 39.7. The molecule has 4 rings (SSSR count). The minimum absolute atomic E-state index is 0.0910. The average Bonchev–Trinajstić information content (AvgIpc) is 2.91. The lowest BCUT2D eigenvalue weighted by Gasteiger charge is -2.36. The highest BCUT2D eigenvalue weighted by Crippen LogP contribution is 2.26. The molecule has 2 amide bonds. The van der Waals surface area contributed by atoms with Crippen molar-refractivity contribution in [3.63, 3.8) is 0 Å². The number of nitrogens with zero attached hydrogens (tertiary/aromatic N) is 1. The van der Waals surface area contributed by atoms with Crippen molar-refractivity contribution in [2.45, 2.75) is 57.1 Å². The van der Waals surface area contributed by atoms with Crippen LogP contribution < -0.4 is 15.4 Å². The van der Waals surface area contributed by atoms with Gasteiger partial charge in [-0.25, -0.2) is 0 Å². The maximum Gasteiger partial charge on any atom is 0.308 e. The fourth-order valence-electron chi connectivity index (χ4n) is 4.66. The molecule has 1 saturated heterocycles. The van der Waals surface area contributed by atoms with Crippen LogP contribution in [0.5, 0.6) is 5.75 Å². The van der Waals surface area contributed by atoms with Gasteiger partial charge >= 0.3 is 5.97 Å². The van der Waals surface area contributed by atoms with Crippen LogP contribution in [-0.4, -0.2) is 59.6 Å². The maximum absolute atomic E-state index is 13.0. The van der Waals surface area contributed by atoms with E-state index in [-0.39, 0.29) is 23.5 Å². The molecule has 1 atom stereocenters. The Kier molecular flexibility index (Phi) is 10.1. The molecule has 0 spiro atoms. The van der Waals surface area contributed by atoms with Crippen LogP contribution in [0.15, 0.2) is 53.0 Å². The van der Waals surface area contributed by atoms with Crippen molar-refractivity contribution < 1.29 is 23.9 Å². The Morgan fingerprint density at radius 3 is 2.61 bits per heavy atom. The highest BCUT2D eigenvalue weighted by atomic mass is 79.9. The topological polar surface area (TPSA) is 97.0 Å². The van der Waals surface area contributed by atoms with Crippen molar-refractivity contribution in [2.75, 3.05) is 19.7 Å². The molecule has 1 aliphatic heterocycles. The summed E-state index contributed by atoms with van der Waals surface area (Å²) in [5, 5.41) is 5.57. The predicted molar refractivity (Wildman–Crippen MR) is 151 cm³/mol. The van der Waals surface area contributed by atoms with E-state index in [0.717, 1.165) is 38.5 Å². The average molecular weight is 603 g/mol. The van der Waals surface area contributed by atoms with Gasteiger partial charge in [-0.15, -0.1) is 0 Å². The molecule has 0 radical (unpaired) electrons. The zero-order chi connectivity index (χ0) is 26.9. The van der Waals surface area contributed by atoms with Crippen molar-refractivity contribution in [1.82, 2.24) is 15.5 Å². The second-order valence-electron chi connectivity index (χ2n) is 9.44. The quantitative estimate of drug-likeness (QED) is 0.346. The van der Waals surface area contributed by atoms with Gasteiger partial charge in [0.25, 0.3) is 5.91 Å². The summed E-state index contributed by atoms with van der Waals surface area (Å²) in [6.07, 6.45) is 5.50. The molecule has 0 bridgehead atoms. The number of hydrogen-bond acceptors (Lipinski definition) is 6. The van der Waals surface area contributed by atoms with Gasteiger partial charge in [0.1, 0.15) is 17.9 Å². The number of benzene rings is 2. The Labute approximate surface area is 236 Å². The van der Waals surface area contributed by atoms with E-state index in [2.05, 4.69) is 26.6 Å². The molecule has 8 nitrogen and oxygen atoms in total. The van der Waals surface area contributed by atoms with E-state index in [4.69, 9.17) is 21.7 Å². The zero-order valence-corrected chi connectivity index (χ0v) is 23.5. The van der Waals surface area contributed by atoms with Gasteiger partial charge in [0.2, 0.25) is 5.91 Å². The molecular formula is C28H32BrN3O5S. The van der Waals surface area contributed by atoms with Crippen LogP contribution >= 0.6 is 28.1 Å². The summed E-state index contributed by atoms with van der Waals surface area (Å²) in [5.74, 6) is -0.525. The Hall–Kier alpha value is -2.98. The monoisotopic (exact) mass is 601 g/mol. The van der Waals surface area contributed by atoms with Gasteiger partial charge < -0.3 is 19.7 Å². The number of hydrogen-bond donors (Lipinski definition) is 2. The number of carbonyl (C=O) groups is 3. The lowest BCUT2D eigenvalue weighted by atomic mass is 9.98. The number of esters is 1. The lowest BCUT2D eigenvalue weighted by molar-refractivity contribution is -0.153. The summed E-state index contributed by atoms with van der Waals surface area (Å²) in [5.41, 5.74) is 1.56. The van der Waals surface area contributed by atoms with Gasteiger partial charge in [0, 0.05) is 25.1 Å². The van der Waals surface area contributed by atoms with E-state index in [9.17, 15) is 14.4 Å². The molecule has 2 N–H and O–H groups in total. The number of thiocarbonyl (C=S) groups is 1. The molecule has 2 aromatic rings. The van der Waals surface area contributed by atoms with Crippen molar-refractivity contribution in [3.8, 4) is 5.75 Å². The van der Waals surface area contributed by atoms with E-state index < -0.39 is 17.9 Å². The molecule has 0 aromatic heterocycles. The summed E-state index contributed by atoms with van der Waals surface area (Å²) >= 11 is 8.96. The second kappa shape index (κ2) is 13.7. The molecule has 202 valence electrons. The van der Waals surface area contributed by atoms with Crippen LogP contribution in [0.2, 0.25) is 0 Å². The third-order valence-corrected chi connectivity index (χ3v) is 7.66. The van der Waals surface area contributed by atoms with E-state index in [1.54, 1.807) is 23.1 Å². The number of nitrogens with one attached hydrogen (secondary N) is 2. The van der Waals surface area contributed by atoms with Crippen molar-refractivity contribution in [2.24, 2.45) is 0 Å². The first kappa shape index (κ1) is 28.0. The Morgan fingerprint density at radius 2 is 1.87 bits per heavy atom. The number of halogens is 1. The summed E-state index contributed by atoms with van der Waals surface area (Å²) < 4.78 is 12.1. The first-order valence-corrected chi connectivity index (χ1v) is 14.2. The molecule has 2 aromatic carbocycles. The third-order valence-electron chi connectivity index (χ3n) is 6.71. The van der Waals surface area contributed by atoms with E-state index >= 15 is 0 Å². The largest absolute Gasteiger partial charge is 0.492 e. The second-order valence-corrected chi connectivity index (χ2v) is 10.7. The smallest absolute Gasteiger partial charge is 0.308 e. The molecule has 10 heteroatoms. The standard InChI is InChI=1S/C28H32BrN3O5S/c29-22-17-20(11-12-24(22)36-16-13-19-7-3-1-4-8-19)26(34)31-28(38)32-15-14-30-27(35)23(32)18-25(33)37-21-9-5-2-6-10-21/h1,3-4,7-8,11-12,17,21,23H,2,5-6,9-10,13-16,18H2,(H,30,35)(H,31,34,38). The number of carbonyl (C=O) groups excluding carboxylic acids is 3. The zero-order valence-electron chi connectivity index (χ0n) is 21.1. The van der Waals surface area contributed by atoms with Crippen molar-refractivity contribution in [3.05, 3.63) is 64.1 Å². The summed E-state index contributed by atoms with van der Waals surface area (Å²) in [6.45, 7) is 1.24. The molecule has 38 heavy (non-hydrogen) atoms. The molecule has 1 saturated carbocycles. The van der Waals surface area contributed by atoms with Gasteiger partial charge in [0.05, 0.1) is 17.5 Å². The highest BCUT2D eigenvalue weighted by molar-refractivity contribution is 9.10. The Morgan fingerprint density at radius 1 is 1.11 bits per heavy atom. The number of ether oxygens (including phenoxy) is 2. The van der Waals surface area contributed by atoms with Gasteiger partial charge in [-0.3, -0.25) is 19.7 Å². The fraction of sp³-hybridized carbons (Fsp3) is 0.429. The number of piperazine rings is 1. The number of amides is 2. The molecule has 1 aliphatic carbocycles. The highest BCUT2D eigenvalue weighted by Gasteiger charge is 2.35. The minimum Gasteiger partial charge on any atom is -0.492 e. The summed E-state index contributed by atoms with van der Waals surface area (Å²) in [6, 6.07) is 14.3. The van der Waals surface area contributed by atoms with Gasteiger partial charge in [-0.05, 0) is 77.6 Å². The van der Waals surface area contributed by atoms with Gasteiger partial charge in [-0.2, -0.15) is 0 Å². The van der Waals surface area contributed by atoms with Crippen LogP contribution in [0.1, 0.15) is 54.4 Å². The maximum atomic E-state index is 13.0. The van der Waals surface area contributed by atoms with Gasteiger partial charge in [-0.1, -0.05) is 36.8 Å². The lowest BCUT2D eigenvalue weighted by Crippen LogP contribution is -2.60. The van der Waals surface area contributed by atoms with Gasteiger partial charge in [0.15, 0.2) is 5.11 Å². The Bertz CT molecular complexity index is 1160. The van der Waals surface area contributed by atoms with E-state index in [1.165, 1.54) is 5.56 Å². The van der Waals surface area contributed by atoms with E-state index in [0.29, 0.717) is 35.5 Å². The molecule has 1 unspecified atom stereocenters. The third kappa shape index (κ3) is 7.77. The first-order chi connectivity index (χ1) is 18.4. The van der Waals surface area contributed by atoms with E-state index in [1.807, 2.05) is 30.3 Å². The molecule has 2 fully saturated rings. The fourth-order valence-corrected chi connectivity index (χ4v) is 5.46. The number of rotatable bonds is 8. The van der Waals surface area contributed by atoms with Crippen LogP contribution in [0, 0.1) is 0 Å². The normalized spacial score (nSPS) is 17.9. The van der Waals surface area contributed by atoms with Crippen LogP contribution in [0.4, 0.5) is 0 Å². The molecule has 2 aliphatic rings. The molecule has 1 heterocycles. The first-order valence-electron chi connectivity index (χ1n) is 13.0. The van der Waals surface area contributed by atoms with Crippen molar-refractivity contribution >= 4 is 51.0 Å². The van der Waals surface area contributed by atoms with Crippen molar-refractivity contribution in [1.29, 1.82) is 0 Å². The Balaban J connectivity index is 1.32. The van der Waals surface area contributed by atoms with Crippen LogP contribution in [-0.2, 0) is 20.7 Å².